The van der Waals surface area contributed by atoms with E-state index in [1.807, 2.05) is 0 Å². The zero-order valence-corrected chi connectivity index (χ0v) is 8.87. The molecular weight excluding hydrogens is 196 g/mol. The molecule has 0 spiro atoms. The summed E-state index contributed by atoms with van der Waals surface area (Å²) in [6.07, 6.45) is 2.47. The predicted molar refractivity (Wildman–Crippen MR) is 52.1 cm³/mol. The van der Waals surface area contributed by atoms with E-state index in [0.717, 1.165) is 0 Å². The van der Waals surface area contributed by atoms with Gasteiger partial charge in [-0.3, -0.25) is 9.59 Å². The zero-order chi connectivity index (χ0) is 11.2. The molecule has 0 fully saturated rings. The van der Waals surface area contributed by atoms with Gasteiger partial charge in [0.1, 0.15) is 11.7 Å². The van der Waals surface area contributed by atoms with Crippen molar-refractivity contribution < 1.29 is 19.1 Å². The number of fused-ring (bicyclic) bond motifs is 2. The van der Waals surface area contributed by atoms with E-state index in [1.165, 1.54) is 14.0 Å². The molecule has 0 aromatic heterocycles. The largest absolute Gasteiger partial charge is 0.493 e. The lowest BCUT2D eigenvalue weighted by atomic mass is 9.93. The molecule has 2 rings (SSSR count). The Bertz CT molecular complexity index is 405. The van der Waals surface area contributed by atoms with E-state index < -0.39 is 11.7 Å². The summed E-state index contributed by atoms with van der Waals surface area (Å²) in [4.78, 5) is 23.0. The molecule has 2 bridgehead atoms. The number of methoxy groups -OCH3 is 1. The fourth-order valence-electron chi connectivity index (χ4n) is 2.01. The molecule has 0 unspecified atom stereocenters. The number of ketones is 2. The summed E-state index contributed by atoms with van der Waals surface area (Å²) >= 11 is 0. The van der Waals surface area contributed by atoms with Crippen LogP contribution in [0.15, 0.2) is 23.5 Å². The molecule has 0 amide bonds. The minimum atomic E-state index is -0.810. The molecule has 2 heterocycles. The van der Waals surface area contributed by atoms with Crippen LogP contribution in [0.25, 0.3) is 0 Å². The first-order chi connectivity index (χ1) is 6.98. The molecule has 0 saturated carbocycles. The molecule has 0 aromatic carbocycles. The maximum Gasteiger partial charge on any atom is 0.229 e. The van der Waals surface area contributed by atoms with E-state index in [9.17, 15) is 9.59 Å². The van der Waals surface area contributed by atoms with Crippen LogP contribution in [0, 0.1) is 0 Å². The second-order valence-electron chi connectivity index (χ2n) is 3.86. The van der Waals surface area contributed by atoms with Crippen molar-refractivity contribution in [1.82, 2.24) is 0 Å². The summed E-state index contributed by atoms with van der Waals surface area (Å²) < 4.78 is 10.4. The van der Waals surface area contributed by atoms with Gasteiger partial charge in [0.15, 0.2) is 11.5 Å². The van der Waals surface area contributed by atoms with Crippen LogP contribution >= 0.6 is 0 Å². The molecule has 80 valence electrons. The normalized spacial score (nSPS) is 33.5. The van der Waals surface area contributed by atoms with Gasteiger partial charge >= 0.3 is 0 Å². The van der Waals surface area contributed by atoms with Gasteiger partial charge in [0, 0.05) is 5.57 Å². The lowest BCUT2D eigenvalue weighted by molar-refractivity contribution is -0.133. The van der Waals surface area contributed by atoms with Crippen molar-refractivity contribution in [2.24, 2.45) is 0 Å². The molecule has 0 aliphatic carbocycles. The molecule has 2 aliphatic rings. The van der Waals surface area contributed by atoms with Crippen LogP contribution in [0.5, 0.6) is 0 Å². The van der Waals surface area contributed by atoms with Crippen molar-refractivity contribution in [2.45, 2.75) is 25.6 Å². The number of carbonyl (C=O) groups is 2. The predicted octanol–water partition coefficient (Wildman–Crippen LogP) is 0.772. The maximum absolute atomic E-state index is 11.7. The highest BCUT2D eigenvalue weighted by Gasteiger charge is 2.47. The standard InChI is InChI=1S/C11H12O4/c1-6(12)7-4-8-10(13)9(14-3)5-11(7,2)15-8/h4-5,8H,1-3H3/t8-,11-/m0/s1. The van der Waals surface area contributed by atoms with Crippen LogP contribution in [-0.2, 0) is 19.1 Å². The first-order valence-electron chi connectivity index (χ1n) is 4.70. The minimum Gasteiger partial charge on any atom is -0.493 e. The number of hydrogen-bond donors (Lipinski definition) is 0. The molecule has 2 atom stereocenters. The quantitative estimate of drug-likeness (QED) is 0.672. The highest BCUT2D eigenvalue weighted by Crippen LogP contribution is 2.38. The first kappa shape index (κ1) is 10.1. The lowest BCUT2D eigenvalue weighted by Crippen LogP contribution is -2.37. The van der Waals surface area contributed by atoms with Crippen molar-refractivity contribution in [1.29, 1.82) is 0 Å². The first-order valence-corrected chi connectivity index (χ1v) is 4.70. The van der Waals surface area contributed by atoms with Gasteiger partial charge in [0.05, 0.1) is 7.11 Å². The third-order valence-electron chi connectivity index (χ3n) is 2.73. The van der Waals surface area contributed by atoms with Crippen molar-refractivity contribution in [2.75, 3.05) is 7.11 Å². The van der Waals surface area contributed by atoms with Gasteiger partial charge in [-0.2, -0.15) is 0 Å². The third-order valence-corrected chi connectivity index (χ3v) is 2.73. The molecule has 0 N–H and O–H groups in total. The summed E-state index contributed by atoms with van der Waals surface area (Å²) in [6, 6.07) is 0. The van der Waals surface area contributed by atoms with Crippen LogP contribution in [0.2, 0.25) is 0 Å². The van der Waals surface area contributed by atoms with Gasteiger partial charge in [-0.05, 0) is 26.0 Å². The molecule has 4 heteroatoms. The molecule has 0 aromatic rings. The highest BCUT2D eigenvalue weighted by atomic mass is 16.5. The zero-order valence-electron chi connectivity index (χ0n) is 8.87. The van der Waals surface area contributed by atoms with Gasteiger partial charge in [0.2, 0.25) is 5.78 Å². The minimum absolute atomic E-state index is 0.0820. The SMILES string of the molecule is COC1=C[C@]2(C)O[C@@H](C=C2C(C)=O)C1=O. The Labute approximate surface area is 87.5 Å². The van der Waals surface area contributed by atoms with E-state index in [2.05, 4.69) is 0 Å². The molecule has 0 saturated heterocycles. The van der Waals surface area contributed by atoms with Gasteiger partial charge in [0.25, 0.3) is 0 Å². The van der Waals surface area contributed by atoms with Crippen LogP contribution in [0.3, 0.4) is 0 Å². The summed E-state index contributed by atoms with van der Waals surface area (Å²) in [5.41, 5.74) is -0.289. The number of ether oxygens (including phenoxy) is 2. The van der Waals surface area contributed by atoms with E-state index in [4.69, 9.17) is 9.47 Å². The van der Waals surface area contributed by atoms with Crippen molar-refractivity contribution in [3.63, 3.8) is 0 Å². The van der Waals surface area contributed by atoms with Crippen LogP contribution in [-0.4, -0.2) is 30.4 Å². The second kappa shape index (κ2) is 3.03. The van der Waals surface area contributed by atoms with E-state index in [-0.39, 0.29) is 17.3 Å². The van der Waals surface area contributed by atoms with Gasteiger partial charge in [-0.15, -0.1) is 0 Å². The Morgan fingerprint density at radius 1 is 1.60 bits per heavy atom. The average molecular weight is 208 g/mol. The van der Waals surface area contributed by atoms with Gasteiger partial charge in [-0.25, -0.2) is 0 Å². The molecular formula is C11H12O4. The Morgan fingerprint density at radius 2 is 2.27 bits per heavy atom. The fourth-order valence-corrected chi connectivity index (χ4v) is 2.01. The monoisotopic (exact) mass is 208 g/mol. The van der Waals surface area contributed by atoms with Crippen molar-refractivity contribution in [3.8, 4) is 0 Å². The van der Waals surface area contributed by atoms with E-state index in [0.29, 0.717) is 5.57 Å². The Balaban J connectivity index is 2.50. The maximum atomic E-state index is 11.7. The molecule has 15 heavy (non-hydrogen) atoms. The topological polar surface area (TPSA) is 52.6 Å². The summed E-state index contributed by atoms with van der Waals surface area (Å²) in [6.45, 7) is 3.22. The van der Waals surface area contributed by atoms with Gasteiger partial charge < -0.3 is 9.47 Å². The molecule has 4 nitrogen and oxygen atoms in total. The summed E-state index contributed by atoms with van der Waals surface area (Å²) in [7, 11) is 1.44. The number of rotatable bonds is 2. The van der Waals surface area contributed by atoms with Crippen LogP contribution < -0.4 is 0 Å². The lowest BCUT2D eigenvalue weighted by Gasteiger charge is -2.28. The Morgan fingerprint density at radius 3 is 2.80 bits per heavy atom. The second-order valence-corrected chi connectivity index (χ2v) is 3.86. The fraction of sp³-hybridized carbons (Fsp3) is 0.455. The third kappa shape index (κ3) is 1.33. The van der Waals surface area contributed by atoms with Crippen LogP contribution in [0.1, 0.15) is 13.8 Å². The van der Waals surface area contributed by atoms with Crippen molar-refractivity contribution >= 4 is 11.6 Å². The smallest absolute Gasteiger partial charge is 0.229 e. The average Bonchev–Trinajstić information content (AvgIpc) is 2.47. The van der Waals surface area contributed by atoms with Gasteiger partial charge in [-0.1, -0.05) is 0 Å². The molecule has 2 aliphatic heterocycles. The molecule has 0 radical (unpaired) electrons. The van der Waals surface area contributed by atoms with Crippen LogP contribution in [0.4, 0.5) is 0 Å². The van der Waals surface area contributed by atoms with Crippen molar-refractivity contribution in [3.05, 3.63) is 23.5 Å². The van der Waals surface area contributed by atoms with E-state index in [1.54, 1.807) is 19.1 Å². The van der Waals surface area contributed by atoms with E-state index >= 15 is 0 Å². The summed E-state index contributed by atoms with van der Waals surface area (Å²) in [5.74, 6) is -0.0473. The number of Topliss-reactive ketones (excluding diaryl/α,β-unsaturated/α-hetero) is 2. The number of hydrogen-bond acceptors (Lipinski definition) is 4. The highest BCUT2D eigenvalue weighted by molar-refractivity contribution is 6.05. The summed E-state index contributed by atoms with van der Waals surface area (Å²) in [5, 5.41) is 0. The Kier molecular flexibility index (Phi) is 2.04. The Hall–Kier alpha value is -1.42. The number of carbonyl (C=O) groups excluding carboxylic acids is 2.